The molecule has 0 bridgehead atoms. The van der Waals surface area contributed by atoms with Gasteiger partial charge in [0.15, 0.2) is 0 Å². The lowest BCUT2D eigenvalue weighted by molar-refractivity contribution is -0.0538. The molecular formula is C21H35NO2. The summed E-state index contributed by atoms with van der Waals surface area (Å²) >= 11 is 0. The first-order valence-electron chi connectivity index (χ1n) is 9.99. The molecule has 0 spiro atoms. The molecule has 136 valence electrons. The van der Waals surface area contributed by atoms with Crippen molar-refractivity contribution in [3.05, 3.63) is 11.6 Å². The summed E-state index contributed by atoms with van der Waals surface area (Å²) in [5.74, 6) is 2.48. The molecule has 0 heterocycles. The maximum atomic E-state index is 11.1. The molecule has 0 aromatic carbocycles. The van der Waals surface area contributed by atoms with E-state index in [1.165, 1.54) is 37.7 Å². The first kappa shape index (κ1) is 17.8. The predicted octanol–water partition coefficient (Wildman–Crippen LogP) is 5.44. The van der Waals surface area contributed by atoms with Crippen LogP contribution in [0.4, 0.5) is 4.79 Å². The van der Waals surface area contributed by atoms with Crippen LogP contribution in [0.1, 0.15) is 79.1 Å². The Morgan fingerprint density at radius 1 is 1.29 bits per heavy atom. The largest absolute Gasteiger partial charge is 0.446 e. The summed E-state index contributed by atoms with van der Waals surface area (Å²) < 4.78 is 5.31. The van der Waals surface area contributed by atoms with Crippen LogP contribution in [0.25, 0.3) is 0 Å². The van der Waals surface area contributed by atoms with E-state index in [0.29, 0.717) is 10.8 Å². The molecule has 0 saturated heterocycles. The van der Waals surface area contributed by atoms with Crippen molar-refractivity contribution in [2.45, 2.75) is 85.2 Å². The Morgan fingerprint density at radius 2 is 2.04 bits per heavy atom. The highest BCUT2D eigenvalue weighted by Crippen LogP contribution is 2.62. The molecule has 24 heavy (non-hydrogen) atoms. The van der Waals surface area contributed by atoms with Crippen molar-refractivity contribution in [1.82, 2.24) is 0 Å². The molecule has 1 amide bonds. The monoisotopic (exact) mass is 333 g/mol. The van der Waals surface area contributed by atoms with Gasteiger partial charge in [-0.25, -0.2) is 4.79 Å². The van der Waals surface area contributed by atoms with E-state index < -0.39 is 6.09 Å². The lowest BCUT2D eigenvalue weighted by atomic mass is 9.47. The highest BCUT2D eigenvalue weighted by molar-refractivity contribution is 5.64. The average Bonchev–Trinajstić information content (AvgIpc) is 2.54. The predicted molar refractivity (Wildman–Crippen MR) is 97.5 cm³/mol. The number of amides is 1. The highest BCUT2D eigenvalue weighted by Gasteiger charge is 2.53. The van der Waals surface area contributed by atoms with E-state index in [-0.39, 0.29) is 6.10 Å². The minimum absolute atomic E-state index is 0.00940. The Hall–Kier alpha value is -0.990. The number of carbonyl (C=O) groups excluding carboxylic acids is 1. The third-order valence-electron chi connectivity index (χ3n) is 8.11. The van der Waals surface area contributed by atoms with E-state index in [4.69, 9.17) is 10.5 Å². The molecule has 6 atom stereocenters. The second-order valence-electron chi connectivity index (χ2n) is 9.02. The lowest BCUT2D eigenvalue weighted by Gasteiger charge is -2.58. The van der Waals surface area contributed by atoms with Gasteiger partial charge in [-0.1, -0.05) is 52.2 Å². The van der Waals surface area contributed by atoms with Gasteiger partial charge in [-0.05, 0) is 60.7 Å². The number of rotatable bonds is 3. The van der Waals surface area contributed by atoms with Crippen LogP contribution in [-0.4, -0.2) is 12.2 Å². The van der Waals surface area contributed by atoms with Gasteiger partial charge in [-0.3, -0.25) is 0 Å². The molecule has 0 aromatic heterocycles. The molecule has 3 nitrogen and oxygen atoms in total. The second kappa shape index (κ2) is 6.38. The first-order valence-corrected chi connectivity index (χ1v) is 9.99. The Labute approximate surface area is 147 Å². The minimum atomic E-state index is -0.625. The summed E-state index contributed by atoms with van der Waals surface area (Å²) in [5.41, 5.74) is 7.60. The summed E-state index contributed by atoms with van der Waals surface area (Å²) in [7, 11) is 0. The standard InChI is InChI=1S/C21H35NO2/c1-5-17-16-8-7-14-13-15(24-19(22)23)9-12-21(14,4)18(16)10-11-20(17,3)6-2/h7,15-18H,5-6,8-13H2,1-4H3,(H2,22,23)/t15-,16-,17-,18-,20-,21-/m0/s1. The highest BCUT2D eigenvalue weighted by atomic mass is 16.6. The van der Waals surface area contributed by atoms with Crippen LogP contribution in [0.5, 0.6) is 0 Å². The van der Waals surface area contributed by atoms with Gasteiger partial charge in [-0.15, -0.1) is 0 Å². The summed E-state index contributed by atoms with van der Waals surface area (Å²) in [6.45, 7) is 9.77. The number of ether oxygens (including phenoxy) is 1. The van der Waals surface area contributed by atoms with E-state index in [0.717, 1.165) is 37.0 Å². The number of hydrogen-bond acceptors (Lipinski definition) is 2. The van der Waals surface area contributed by atoms with Crippen molar-refractivity contribution in [3.63, 3.8) is 0 Å². The maximum Gasteiger partial charge on any atom is 0.404 e. The van der Waals surface area contributed by atoms with Crippen molar-refractivity contribution in [2.75, 3.05) is 0 Å². The summed E-state index contributed by atoms with van der Waals surface area (Å²) in [6.07, 6.45) is 11.4. The number of nitrogens with two attached hydrogens (primary N) is 1. The van der Waals surface area contributed by atoms with Crippen molar-refractivity contribution >= 4 is 6.09 Å². The van der Waals surface area contributed by atoms with Crippen LogP contribution in [0.15, 0.2) is 11.6 Å². The number of primary amides is 1. The zero-order valence-electron chi connectivity index (χ0n) is 15.9. The molecule has 3 aliphatic carbocycles. The van der Waals surface area contributed by atoms with Gasteiger partial charge in [0, 0.05) is 6.42 Å². The zero-order chi connectivity index (χ0) is 17.5. The molecular weight excluding hydrogens is 298 g/mol. The minimum Gasteiger partial charge on any atom is -0.446 e. The van der Waals surface area contributed by atoms with Gasteiger partial charge < -0.3 is 10.5 Å². The summed E-state index contributed by atoms with van der Waals surface area (Å²) in [6, 6.07) is 0. The number of fused-ring (bicyclic) bond motifs is 3. The summed E-state index contributed by atoms with van der Waals surface area (Å²) in [4.78, 5) is 11.1. The second-order valence-corrected chi connectivity index (χ2v) is 9.02. The third kappa shape index (κ3) is 2.78. The van der Waals surface area contributed by atoms with Crippen molar-refractivity contribution in [3.8, 4) is 0 Å². The van der Waals surface area contributed by atoms with Crippen LogP contribution < -0.4 is 5.73 Å². The molecule has 0 radical (unpaired) electrons. The Balaban J connectivity index is 1.84. The lowest BCUT2D eigenvalue weighted by Crippen LogP contribution is -2.50. The molecule has 3 heteroatoms. The number of carbonyl (C=O) groups is 1. The Bertz CT molecular complexity index is 528. The Kier molecular flexibility index (Phi) is 4.74. The topological polar surface area (TPSA) is 52.3 Å². The van der Waals surface area contributed by atoms with Gasteiger partial charge in [0.05, 0.1) is 0 Å². The average molecular weight is 334 g/mol. The molecule has 0 aromatic rings. The van der Waals surface area contributed by atoms with Gasteiger partial charge in [0.2, 0.25) is 0 Å². The van der Waals surface area contributed by atoms with Crippen molar-refractivity contribution in [1.29, 1.82) is 0 Å². The van der Waals surface area contributed by atoms with E-state index >= 15 is 0 Å². The normalized spacial score (nSPS) is 44.9. The number of allylic oxidation sites excluding steroid dienone is 1. The van der Waals surface area contributed by atoms with Crippen molar-refractivity contribution < 1.29 is 9.53 Å². The van der Waals surface area contributed by atoms with Gasteiger partial charge in [-0.2, -0.15) is 0 Å². The van der Waals surface area contributed by atoms with E-state index in [9.17, 15) is 4.79 Å². The fourth-order valence-electron chi connectivity index (χ4n) is 6.52. The van der Waals surface area contributed by atoms with E-state index in [1.807, 2.05) is 0 Å². The molecule has 3 aliphatic rings. The van der Waals surface area contributed by atoms with Crippen LogP contribution >= 0.6 is 0 Å². The van der Waals surface area contributed by atoms with E-state index in [2.05, 4.69) is 33.8 Å². The molecule has 0 unspecified atom stereocenters. The molecule has 2 N–H and O–H groups in total. The van der Waals surface area contributed by atoms with Gasteiger partial charge in [0.25, 0.3) is 0 Å². The van der Waals surface area contributed by atoms with Gasteiger partial charge in [0.1, 0.15) is 6.10 Å². The SMILES string of the molecule is CC[C@H]1[C@@H]2CC=C3C[C@@H](OC(N)=O)CC[C@]3(C)[C@H]2CC[C@]1(C)CC. The number of hydrogen-bond donors (Lipinski definition) is 1. The molecule has 3 rings (SSSR count). The first-order chi connectivity index (χ1) is 11.3. The van der Waals surface area contributed by atoms with Crippen LogP contribution in [0.3, 0.4) is 0 Å². The van der Waals surface area contributed by atoms with Crippen LogP contribution in [0.2, 0.25) is 0 Å². The summed E-state index contributed by atoms with van der Waals surface area (Å²) in [5, 5.41) is 0. The van der Waals surface area contributed by atoms with Crippen LogP contribution in [-0.2, 0) is 4.74 Å². The van der Waals surface area contributed by atoms with Crippen LogP contribution in [0, 0.1) is 28.6 Å². The third-order valence-corrected chi connectivity index (χ3v) is 8.11. The quantitative estimate of drug-likeness (QED) is 0.699. The molecule has 2 saturated carbocycles. The van der Waals surface area contributed by atoms with Crippen molar-refractivity contribution in [2.24, 2.45) is 34.3 Å². The fourth-order valence-corrected chi connectivity index (χ4v) is 6.52. The Morgan fingerprint density at radius 3 is 2.67 bits per heavy atom. The van der Waals surface area contributed by atoms with Gasteiger partial charge >= 0.3 is 6.09 Å². The smallest absolute Gasteiger partial charge is 0.404 e. The fraction of sp³-hybridized carbons (Fsp3) is 0.857. The molecule has 0 aliphatic heterocycles. The zero-order valence-corrected chi connectivity index (χ0v) is 15.9. The molecule has 2 fully saturated rings. The van der Waals surface area contributed by atoms with E-state index in [1.54, 1.807) is 0 Å². The maximum absolute atomic E-state index is 11.1.